The molecule has 4 heteroatoms. The summed E-state index contributed by atoms with van der Waals surface area (Å²) in [6.45, 7) is 2.16. The minimum Gasteiger partial charge on any atom is -0.497 e. The van der Waals surface area contributed by atoms with Crippen molar-refractivity contribution >= 4 is 11.6 Å². The molecule has 0 aromatic heterocycles. The summed E-state index contributed by atoms with van der Waals surface area (Å²) in [7, 11) is 3.36. The summed E-state index contributed by atoms with van der Waals surface area (Å²) in [5.74, 6) is 0.684. The minimum absolute atomic E-state index is 0.444. The van der Waals surface area contributed by atoms with Gasteiger partial charge in [-0.2, -0.15) is 0 Å². The maximum Gasteiger partial charge on any atom is 0.120 e. The van der Waals surface area contributed by atoms with Crippen molar-refractivity contribution in [2.45, 2.75) is 12.5 Å². The van der Waals surface area contributed by atoms with Crippen molar-refractivity contribution in [2.24, 2.45) is 0 Å². The van der Waals surface area contributed by atoms with Gasteiger partial charge in [0.15, 0.2) is 0 Å². The fourth-order valence-electron chi connectivity index (χ4n) is 1.50. The fourth-order valence-corrected chi connectivity index (χ4v) is 1.87. The number of benzene rings is 1. The third-order valence-corrected chi connectivity index (χ3v) is 2.59. The smallest absolute Gasteiger partial charge is 0.120 e. The van der Waals surface area contributed by atoms with Crippen LogP contribution in [0.4, 0.5) is 0 Å². The SMILES string of the molecule is CNCC(C)(O)c1ccc(OC)cc1Cl. The highest BCUT2D eigenvalue weighted by atomic mass is 35.5. The van der Waals surface area contributed by atoms with Gasteiger partial charge in [-0.3, -0.25) is 0 Å². The Morgan fingerprint density at radius 3 is 2.67 bits per heavy atom. The highest BCUT2D eigenvalue weighted by molar-refractivity contribution is 6.31. The quantitative estimate of drug-likeness (QED) is 0.827. The molecule has 0 saturated heterocycles. The van der Waals surface area contributed by atoms with Gasteiger partial charge < -0.3 is 15.2 Å². The molecule has 0 aliphatic heterocycles. The summed E-state index contributed by atoms with van der Waals surface area (Å²) >= 11 is 6.06. The van der Waals surface area contributed by atoms with E-state index < -0.39 is 5.60 Å². The Balaban J connectivity index is 3.04. The molecule has 0 saturated carbocycles. The lowest BCUT2D eigenvalue weighted by molar-refractivity contribution is 0.0592. The Bertz CT molecular complexity index is 339. The summed E-state index contributed by atoms with van der Waals surface area (Å²) in [6, 6.07) is 5.25. The molecule has 0 aliphatic carbocycles. The van der Waals surface area contributed by atoms with Crippen LogP contribution in [-0.2, 0) is 5.60 Å². The van der Waals surface area contributed by atoms with E-state index in [2.05, 4.69) is 5.32 Å². The Morgan fingerprint density at radius 2 is 2.20 bits per heavy atom. The van der Waals surface area contributed by atoms with Crippen LogP contribution in [0.15, 0.2) is 18.2 Å². The van der Waals surface area contributed by atoms with Gasteiger partial charge >= 0.3 is 0 Å². The number of hydrogen-bond acceptors (Lipinski definition) is 3. The molecular formula is C11H16ClNO2. The molecule has 3 nitrogen and oxygen atoms in total. The first-order chi connectivity index (χ1) is 7.01. The summed E-state index contributed by atoms with van der Waals surface area (Å²) in [6.07, 6.45) is 0. The Labute approximate surface area is 95.0 Å². The second-order valence-electron chi connectivity index (χ2n) is 3.65. The van der Waals surface area contributed by atoms with Crippen LogP contribution < -0.4 is 10.1 Å². The Hall–Kier alpha value is -0.770. The Morgan fingerprint density at radius 1 is 1.53 bits per heavy atom. The van der Waals surface area contributed by atoms with Crippen molar-refractivity contribution in [1.82, 2.24) is 5.32 Å². The van der Waals surface area contributed by atoms with Gasteiger partial charge in [0.05, 0.1) is 12.1 Å². The fraction of sp³-hybridized carbons (Fsp3) is 0.455. The number of nitrogens with one attached hydrogen (secondary N) is 1. The first-order valence-electron chi connectivity index (χ1n) is 4.72. The van der Waals surface area contributed by atoms with E-state index in [-0.39, 0.29) is 0 Å². The van der Waals surface area contributed by atoms with E-state index in [0.717, 1.165) is 0 Å². The third-order valence-electron chi connectivity index (χ3n) is 2.28. The van der Waals surface area contributed by atoms with Crippen molar-refractivity contribution in [3.63, 3.8) is 0 Å². The molecule has 0 amide bonds. The van der Waals surface area contributed by atoms with Crippen LogP contribution in [0, 0.1) is 0 Å². The molecule has 1 atom stereocenters. The lowest BCUT2D eigenvalue weighted by Gasteiger charge is -2.24. The van der Waals surface area contributed by atoms with Gasteiger partial charge in [-0.1, -0.05) is 17.7 Å². The number of hydrogen-bond donors (Lipinski definition) is 2. The van der Waals surface area contributed by atoms with Gasteiger partial charge in [0, 0.05) is 12.1 Å². The van der Waals surface area contributed by atoms with Crippen LogP contribution in [0.3, 0.4) is 0 Å². The van der Waals surface area contributed by atoms with Crippen molar-refractivity contribution in [3.8, 4) is 5.75 Å². The molecule has 0 heterocycles. The van der Waals surface area contributed by atoms with E-state index in [4.69, 9.17) is 16.3 Å². The van der Waals surface area contributed by atoms with Crippen LogP contribution in [-0.4, -0.2) is 25.8 Å². The summed E-state index contributed by atoms with van der Waals surface area (Å²) in [5.41, 5.74) is -0.280. The van der Waals surface area contributed by atoms with Gasteiger partial charge in [-0.25, -0.2) is 0 Å². The molecule has 1 aromatic carbocycles. The number of methoxy groups -OCH3 is 1. The van der Waals surface area contributed by atoms with Crippen LogP contribution in [0.25, 0.3) is 0 Å². The molecule has 0 aliphatic rings. The molecule has 2 N–H and O–H groups in total. The maximum atomic E-state index is 10.1. The number of ether oxygens (including phenoxy) is 1. The zero-order chi connectivity index (χ0) is 11.5. The summed E-state index contributed by atoms with van der Waals surface area (Å²) < 4.78 is 5.04. The number of likely N-dealkylation sites (N-methyl/N-ethyl adjacent to an activating group) is 1. The van der Waals surface area contributed by atoms with Crippen LogP contribution in [0.2, 0.25) is 5.02 Å². The zero-order valence-corrected chi connectivity index (χ0v) is 9.93. The van der Waals surface area contributed by atoms with Crippen molar-refractivity contribution in [2.75, 3.05) is 20.7 Å². The Kier molecular flexibility index (Phi) is 3.97. The van der Waals surface area contributed by atoms with Crippen molar-refractivity contribution in [1.29, 1.82) is 0 Å². The summed E-state index contributed by atoms with van der Waals surface area (Å²) in [5, 5.41) is 13.6. The molecule has 1 rings (SSSR count). The highest BCUT2D eigenvalue weighted by Crippen LogP contribution is 2.30. The average Bonchev–Trinajstić information content (AvgIpc) is 2.17. The van der Waals surface area contributed by atoms with Crippen LogP contribution in [0.5, 0.6) is 5.75 Å². The molecule has 1 unspecified atom stereocenters. The molecule has 0 fully saturated rings. The van der Waals surface area contributed by atoms with Crippen LogP contribution >= 0.6 is 11.6 Å². The van der Waals surface area contributed by atoms with Crippen molar-refractivity contribution in [3.05, 3.63) is 28.8 Å². The van der Waals surface area contributed by atoms with E-state index in [1.807, 2.05) is 0 Å². The normalized spacial score (nSPS) is 14.7. The highest BCUT2D eigenvalue weighted by Gasteiger charge is 2.24. The van der Waals surface area contributed by atoms with E-state index in [9.17, 15) is 5.11 Å². The maximum absolute atomic E-state index is 10.1. The average molecular weight is 230 g/mol. The molecule has 0 spiro atoms. The molecule has 0 radical (unpaired) electrons. The topological polar surface area (TPSA) is 41.5 Å². The largest absolute Gasteiger partial charge is 0.497 e. The molecule has 15 heavy (non-hydrogen) atoms. The zero-order valence-electron chi connectivity index (χ0n) is 9.17. The monoisotopic (exact) mass is 229 g/mol. The van der Waals surface area contributed by atoms with E-state index in [1.54, 1.807) is 39.3 Å². The van der Waals surface area contributed by atoms with Crippen LogP contribution in [0.1, 0.15) is 12.5 Å². The number of aliphatic hydroxyl groups is 1. The molecule has 84 valence electrons. The van der Waals surface area contributed by atoms with E-state index in [0.29, 0.717) is 22.9 Å². The van der Waals surface area contributed by atoms with Gasteiger partial charge in [0.25, 0.3) is 0 Å². The predicted octanol–water partition coefficient (Wildman–Crippen LogP) is 1.78. The van der Waals surface area contributed by atoms with Gasteiger partial charge in [0.2, 0.25) is 0 Å². The first-order valence-corrected chi connectivity index (χ1v) is 5.10. The van der Waals surface area contributed by atoms with Gasteiger partial charge in [0.1, 0.15) is 11.4 Å². The standard InChI is InChI=1S/C11H16ClNO2/c1-11(14,7-13-2)9-5-4-8(15-3)6-10(9)12/h4-6,13-14H,7H2,1-3H3. The molecule has 1 aromatic rings. The van der Waals surface area contributed by atoms with E-state index in [1.165, 1.54) is 0 Å². The second-order valence-corrected chi connectivity index (χ2v) is 4.06. The predicted molar refractivity (Wildman–Crippen MR) is 61.5 cm³/mol. The lowest BCUT2D eigenvalue weighted by Crippen LogP contribution is -2.33. The second kappa shape index (κ2) is 4.84. The molecular weight excluding hydrogens is 214 g/mol. The van der Waals surface area contributed by atoms with Crippen molar-refractivity contribution < 1.29 is 9.84 Å². The molecule has 0 bridgehead atoms. The van der Waals surface area contributed by atoms with E-state index >= 15 is 0 Å². The number of halogens is 1. The first kappa shape index (κ1) is 12.3. The minimum atomic E-state index is -0.974. The van der Waals surface area contributed by atoms with Gasteiger partial charge in [-0.05, 0) is 26.1 Å². The lowest BCUT2D eigenvalue weighted by atomic mass is 9.96. The van der Waals surface area contributed by atoms with Gasteiger partial charge in [-0.15, -0.1) is 0 Å². The summed E-state index contributed by atoms with van der Waals surface area (Å²) in [4.78, 5) is 0. The number of rotatable bonds is 4. The third kappa shape index (κ3) is 2.84.